The summed E-state index contributed by atoms with van der Waals surface area (Å²) < 4.78 is 0. The number of carbonyl (C=O) groups is 1. The third-order valence-corrected chi connectivity index (χ3v) is 4.87. The van der Waals surface area contributed by atoms with Gasteiger partial charge in [-0.2, -0.15) is 0 Å². The van der Waals surface area contributed by atoms with Crippen LogP contribution in [0.3, 0.4) is 0 Å². The molecule has 2 nitrogen and oxygen atoms in total. The molecule has 15 heavy (non-hydrogen) atoms. The number of Topliss-reactive ketones (excluding diaryl/α,β-unsaturated/α-hetero) is 1. The van der Waals surface area contributed by atoms with E-state index in [2.05, 4.69) is 6.58 Å². The lowest BCUT2D eigenvalue weighted by Crippen LogP contribution is -2.43. The van der Waals surface area contributed by atoms with Crippen LogP contribution in [0.2, 0.25) is 0 Å². The summed E-state index contributed by atoms with van der Waals surface area (Å²) in [4.78, 5) is 12.0. The molecular formula is C13H18O2. The van der Waals surface area contributed by atoms with Crippen molar-refractivity contribution in [2.45, 2.75) is 44.6 Å². The lowest BCUT2D eigenvalue weighted by molar-refractivity contribution is -0.135. The fourth-order valence-electron chi connectivity index (χ4n) is 4.10. The number of carbonyl (C=O) groups excluding carboxylic acids is 1. The molecular weight excluding hydrogens is 188 g/mol. The Morgan fingerprint density at radius 3 is 3.07 bits per heavy atom. The fourth-order valence-corrected chi connectivity index (χ4v) is 4.10. The number of hydrogen-bond acceptors (Lipinski definition) is 2. The third-order valence-electron chi connectivity index (χ3n) is 4.87. The number of aliphatic hydroxyl groups excluding tert-OH is 1. The third kappa shape index (κ3) is 1.24. The predicted octanol–water partition coefficient (Wildman–Crippen LogP) is 2.07. The Labute approximate surface area is 90.4 Å². The molecule has 3 aliphatic carbocycles. The van der Waals surface area contributed by atoms with E-state index in [1.54, 1.807) is 0 Å². The molecule has 3 fully saturated rings. The second-order valence-corrected chi connectivity index (χ2v) is 5.75. The molecule has 2 bridgehead atoms. The van der Waals surface area contributed by atoms with E-state index < -0.39 is 0 Å². The maximum atomic E-state index is 12.0. The summed E-state index contributed by atoms with van der Waals surface area (Å²) in [6.07, 6.45) is 5.27. The Kier molecular flexibility index (Phi) is 1.88. The highest BCUT2D eigenvalue weighted by Gasteiger charge is 2.55. The van der Waals surface area contributed by atoms with E-state index >= 15 is 0 Å². The number of fused-ring (bicyclic) bond motifs is 1. The lowest BCUT2D eigenvalue weighted by atomic mass is 9.59. The molecule has 3 rings (SSSR count). The second kappa shape index (κ2) is 2.94. The van der Waals surface area contributed by atoms with Crippen LogP contribution in [0.25, 0.3) is 0 Å². The van der Waals surface area contributed by atoms with Crippen molar-refractivity contribution >= 4 is 5.78 Å². The highest BCUT2D eigenvalue weighted by atomic mass is 16.3. The van der Waals surface area contributed by atoms with Gasteiger partial charge in [0.15, 0.2) is 0 Å². The molecule has 4 atom stereocenters. The lowest BCUT2D eigenvalue weighted by Gasteiger charge is -2.44. The SMILES string of the molecule is C=C1CC23CC[C@H](O)C[C@@H]2C(=O)CC1C3. The van der Waals surface area contributed by atoms with Crippen molar-refractivity contribution in [2.75, 3.05) is 0 Å². The van der Waals surface area contributed by atoms with Crippen LogP contribution < -0.4 is 0 Å². The number of ketones is 1. The molecule has 0 aromatic rings. The molecule has 0 radical (unpaired) electrons. The minimum absolute atomic E-state index is 0.136. The van der Waals surface area contributed by atoms with Gasteiger partial charge >= 0.3 is 0 Å². The van der Waals surface area contributed by atoms with Crippen LogP contribution in [0.5, 0.6) is 0 Å². The van der Waals surface area contributed by atoms with E-state index in [0.29, 0.717) is 24.5 Å². The maximum Gasteiger partial charge on any atom is 0.137 e. The van der Waals surface area contributed by atoms with Crippen molar-refractivity contribution in [3.05, 3.63) is 12.2 Å². The smallest absolute Gasteiger partial charge is 0.137 e. The predicted molar refractivity (Wildman–Crippen MR) is 57.3 cm³/mol. The van der Waals surface area contributed by atoms with Crippen LogP contribution in [-0.4, -0.2) is 17.0 Å². The van der Waals surface area contributed by atoms with Crippen molar-refractivity contribution in [1.29, 1.82) is 0 Å². The molecule has 0 heterocycles. The van der Waals surface area contributed by atoms with Crippen molar-refractivity contribution < 1.29 is 9.90 Å². The average Bonchev–Trinajstić information content (AvgIpc) is 2.44. The average molecular weight is 206 g/mol. The quantitative estimate of drug-likeness (QED) is 0.616. The monoisotopic (exact) mass is 206 g/mol. The summed E-state index contributed by atoms with van der Waals surface area (Å²) in [6, 6.07) is 0. The fraction of sp³-hybridized carbons (Fsp3) is 0.769. The summed E-state index contributed by atoms with van der Waals surface area (Å²) in [5, 5.41) is 9.68. The van der Waals surface area contributed by atoms with Gasteiger partial charge in [-0.3, -0.25) is 4.79 Å². The van der Waals surface area contributed by atoms with Gasteiger partial charge in [0.25, 0.3) is 0 Å². The first kappa shape index (κ1) is 9.59. The molecule has 82 valence electrons. The first-order chi connectivity index (χ1) is 7.11. The van der Waals surface area contributed by atoms with Crippen molar-refractivity contribution in [3.63, 3.8) is 0 Å². The van der Waals surface area contributed by atoms with Crippen LogP contribution in [-0.2, 0) is 4.79 Å². The van der Waals surface area contributed by atoms with Gasteiger partial charge in [-0.15, -0.1) is 0 Å². The minimum Gasteiger partial charge on any atom is -0.393 e. The number of hydrogen-bond donors (Lipinski definition) is 1. The van der Waals surface area contributed by atoms with Crippen molar-refractivity contribution in [2.24, 2.45) is 17.3 Å². The minimum atomic E-state index is -0.241. The Balaban J connectivity index is 1.96. The number of rotatable bonds is 0. The highest BCUT2D eigenvalue weighted by Crippen LogP contribution is 2.60. The molecule has 2 unspecified atom stereocenters. The molecule has 2 heteroatoms. The van der Waals surface area contributed by atoms with E-state index in [9.17, 15) is 9.90 Å². The summed E-state index contributed by atoms with van der Waals surface area (Å²) in [5.41, 5.74) is 1.50. The van der Waals surface area contributed by atoms with Gasteiger partial charge in [-0.25, -0.2) is 0 Å². The van der Waals surface area contributed by atoms with Crippen LogP contribution in [0, 0.1) is 17.3 Å². The summed E-state index contributed by atoms with van der Waals surface area (Å²) >= 11 is 0. The van der Waals surface area contributed by atoms with Crippen molar-refractivity contribution in [3.8, 4) is 0 Å². The van der Waals surface area contributed by atoms with Gasteiger partial charge in [0.2, 0.25) is 0 Å². The Morgan fingerprint density at radius 2 is 2.27 bits per heavy atom. The van der Waals surface area contributed by atoms with Crippen LogP contribution in [0.4, 0.5) is 0 Å². The summed E-state index contributed by atoms with van der Waals surface area (Å²) in [6.45, 7) is 4.12. The van der Waals surface area contributed by atoms with Crippen LogP contribution in [0.1, 0.15) is 38.5 Å². The standard InChI is InChI=1S/C13H18O2/c1-8-6-13-3-2-10(14)5-11(13)12(15)4-9(8)7-13/h9-11,14H,1-7H2/t9?,10-,11+,13?/m0/s1. The maximum absolute atomic E-state index is 12.0. The van der Waals surface area contributed by atoms with Gasteiger partial charge in [0, 0.05) is 12.3 Å². The normalized spacial score (nSPS) is 49.3. The molecule has 0 aliphatic heterocycles. The van der Waals surface area contributed by atoms with Gasteiger partial charge in [-0.05, 0) is 43.4 Å². The second-order valence-electron chi connectivity index (χ2n) is 5.75. The Bertz CT molecular complexity index is 333. The topological polar surface area (TPSA) is 37.3 Å². The van der Waals surface area contributed by atoms with Gasteiger partial charge < -0.3 is 5.11 Å². The molecule has 3 aliphatic rings. The zero-order valence-electron chi connectivity index (χ0n) is 9.04. The van der Waals surface area contributed by atoms with E-state index in [4.69, 9.17) is 0 Å². The van der Waals surface area contributed by atoms with Crippen LogP contribution >= 0.6 is 0 Å². The Hall–Kier alpha value is -0.630. The van der Waals surface area contributed by atoms with E-state index in [-0.39, 0.29) is 17.4 Å². The summed E-state index contributed by atoms with van der Waals surface area (Å²) in [7, 11) is 0. The first-order valence-corrected chi connectivity index (χ1v) is 5.99. The zero-order valence-corrected chi connectivity index (χ0v) is 9.04. The molecule has 1 N–H and O–H groups in total. The molecule has 0 aromatic carbocycles. The highest BCUT2D eigenvalue weighted by molar-refractivity contribution is 5.84. The van der Waals surface area contributed by atoms with Crippen molar-refractivity contribution in [1.82, 2.24) is 0 Å². The van der Waals surface area contributed by atoms with Gasteiger partial charge in [-0.1, -0.05) is 12.2 Å². The Morgan fingerprint density at radius 1 is 1.47 bits per heavy atom. The number of aliphatic hydroxyl groups is 1. The molecule has 0 amide bonds. The molecule has 0 saturated heterocycles. The summed E-state index contributed by atoms with van der Waals surface area (Å²) in [5.74, 6) is 0.990. The molecule has 0 aromatic heterocycles. The van der Waals surface area contributed by atoms with Gasteiger partial charge in [0.1, 0.15) is 5.78 Å². The van der Waals surface area contributed by atoms with E-state index in [0.717, 1.165) is 25.7 Å². The molecule has 1 spiro atoms. The van der Waals surface area contributed by atoms with Gasteiger partial charge in [0.05, 0.1) is 6.10 Å². The first-order valence-electron chi connectivity index (χ1n) is 5.99. The largest absolute Gasteiger partial charge is 0.393 e. The molecule has 3 saturated carbocycles. The van der Waals surface area contributed by atoms with Crippen LogP contribution in [0.15, 0.2) is 12.2 Å². The van der Waals surface area contributed by atoms with E-state index in [1.165, 1.54) is 5.57 Å². The zero-order chi connectivity index (χ0) is 10.6. The van der Waals surface area contributed by atoms with E-state index in [1.807, 2.05) is 0 Å². The number of allylic oxidation sites excluding steroid dienone is 1.